The Labute approximate surface area is 66.3 Å². The van der Waals surface area contributed by atoms with Gasteiger partial charge in [0.05, 0.1) is 6.04 Å². The molecule has 3 N–H and O–H groups in total. The number of carbonyl (C=O) groups is 1. The van der Waals surface area contributed by atoms with Crippen LogP contribution >= 0.6 is 0 Å². The fraction of sp³-hybridized carbons (Fsp3) is 0.875. The highest BCUT2D eigenvalue weighted by molar-refractivity contribution is 5.82. The average Bonchev–Trinajstić information content (AvgIpc) is 2.58. The molecule has 0 aromatic rings. The zero-order chi connectivity index (χ0) is 8.06. The summed E-state index contributed by atoms with van der Waals surface area (Å²) in [6.45, 7) is 3.13. The summed E-state index contributed by atoms with van der Waals surface area (Å²) in [5.41, 5.74) is 5.53. The van der Waals surface area contributed by atoms with E-state index in [0.29, 0.717) is 0 Å². The van der Waals surface area contributed by atoms with Crippen LogP contribution in [0.5, 0.6) is 0 Å². The van der Waals surface area contributed by atoms with E-state index < -0.39 is 0 Å². The van der Waals surface area contributed by atoms with Gasteiger partial charge in [0, 0.05) is 0 Å². The summed E-state index contributed by atoms with van der Waals surface area (Å²) in [6.07, 6.45) is 2.28. The molecule has 1 saturated heterocycles. The van der Waals surface area contributed by atoms with E-state index in [4.69, 9.17) is 5.73 Å². The molecule has 0 spiro atoms. The summed E-state index contributed by atoms with van der Waals surface area (Å²) in [7, 11) is 0. The Bertz CT molecular complexity index is 200. The van der Waals surface area contributed by atoms with Gasteiger partial charge in [0.1, 0.15) is 0 Å². The second-order valence-corrected chi connectivity index (χ2v) is 3.73. The number of nitrogens with two attached hydrogens (primary N) is 1. The third-order valence-corrected chi connectivity index (χ3v) is 3.37. The van der Waals surface area contributed by atoms with Crippen LogP contribution in [0.1, 0.15) is 19.8 Å². The van der Waals surface area contributed by atoms with Crippen molar-refractivity contribution in [2.24, 2.45) is 17.1 Å². The van der Waals surface area contributed by atoms with Crippen LogP contribution in [-0.2, 0) is 4.79 Å². The molecular weight excluding hydrogens is 140 g/mol. The van der Waals surface area contributed by atoms with Gasteiger partial charge >= 0.3 is 0 Å². The standard InChI is InChI=1S/C8H14N2O/c1-2-8-3-5(8)4-10-6(8)7(9)11/h5-6,10H,2-4H2,1H3,(H2,9,11). The molecule has 1 heterocycles. The number of carbonyl (C=O) groups excluding carboxylic acids is 1. The molecule has 1 amide bonds. The molecule has 0 radical (unpaired) electrons. The minimum absolute atomic E-state index is 0.0440. The van der Waals surface area contributed by atoms with Crippen LogP contribution in [0.2, 0.25) is 0 Å². The van der Waals surface area contributed by atoms with Crippen LogP contribution in [0.15, 0.2) is 0 Å². The maximum atomic E-state index is 11.0. The normalized spacial score (nSPS) is 47.0. The van der Waals surface area contributed by atoms with Gasteiger partial charge in [-0.05, 0) is 30.7 Å². The minimum atomic E-state index is -0.174. The lowest BCUT2D eigenvalue weighted by molar-refractivity contribution is -0.121. The van der Waals surface area contributed by atoms with Crippen LogP contribution in [0.4, 0.5) is 0 Å². The molecule has 0 aromatic heterocycles. The van der Waals surface area contributed by atoms with E-state index in [1.165, 1.54) is 6.42 Å². The third kappa shape index (κ3) is 0.745. The van der Waals surface area contributed by atoms with Crippen molar-refractivity contribution in [3.8, 4) is 0 Å². The monoisotopic (exact) mass is 154 g/mol. The van der Waals surface area contributed by atoms with Gasteiger partial charge < -0.3 is 11.1 Å². The fourth-order valence-electron chi connectivity index (χ4n) is 2.51. The highest BCUT2D eigenvalue weighted by atomic mass is 16.1. The van der Waals surface area contributed by atoms with Crippen LogP contribution in [0.25, 0.3) is 0 Å². The quantitative estimate of drug-likeness (QED) is 0.581. The lowest BCUT2D eigenvalue weighted by atomic mass is 9.93. The van der Waals surface area contributed by atoms with E-state index in [2.05, 4.69) is 12.2 Å². The summed E-state index contributed by atoms with van der Waals surface area (Å²) in [5, 5.41) is 3.17. The van der Waals surface area contributed by atoms with Gasteiger partial charge in [-0.3, -0.25) is 4.79 Å². The largest absolute Gasteiger partial charge is 0.368 e. The van der Waals surface area contributed by atoms with Crippen LogP contribution in [-0.4, -0.2) is 18.5 Å². The number of rotatable bonds is 2. The first-order valence-electron chi connectivity index (χ1n) is 4.23. The number of hydrogen-bond acceptors (Lipinski definition) is 2. The average molecular weight is 154 g/mol. The van der Waals surface area contributed by atoms with Gasteiger partial charge in [-0.25, -0.2) is 0 Å². The molecule has 3 atom stereocenters. The van der Waals surface area contributed by atoms with Crippen molar-refractivity contribution in [1.82, 2.24) is 5.32 Å². The first-order chi connectivity index (χ1) is 5.20. The molecule has 2 rings (SSSR count). The molecule has 3 nitrogen and oxygen atoms in total. The predicted molar refractivity (Wildman–Crippen MR) is 41.8 cm³/mol. The topological polar surface area (TPSA) is 55.1 Å². The number of piperidine rings is 1. The Morgan fingerprint density at radius 1 is 1.82 bits per heavy atom. The van der Waals surface area contributed by atoms with Crippen molar-refractivity contribution < 1.29 is 4.79 Å². The molecule has 1 aliphatic heterocycles. The lowest BCUT2D eigenvalue weighted by Crippen LogP contribution is -2.43. The third-order valence-electron chi connectivity index (χ3n) is 3.37. The molecule has 2 aliphatic rings. The van der Waals surface area contributed by atoms with Gasteiger partial charge in [0.2, 0.25) is 5.91 Å². The van der Waals surface area contributed by atoms with Crippen molar-refractivity contribution in [3.05, 3.63) is 0 Å². The Morgan fingerprint density at radius 3 is 2.91 bits per heavy atom. The zero-order valence-corrected chi connectivity index (χ0v) is 6.76. The zero-order valence-electron chi connectivity index (χ0n) is 6.76. The highest BCUT2D eigenvalue weighted by Crippen LogP contribution is 2.60. The molecular formula is C8H14N2O. The van der Waals surface area contributed by atoms with Gasteiger partial charge in [0.25, 0.3) is 0 Å². The Kier molecular flexibility index (Phi) is 1.27. The van der Waals surface area contributed by atoms with E-state index in [9.17, 15) is 4.79 Å². The lowest BCUT2D eigenvalue weighted by Gasteiger charge is -2.18. The van der Waals surface area contributed by atoms with Crippen molar-refractivity contribution >= 4 is 5.91 Å². The molecule has 3 heteroatoms. The summed E-state index contributed by atoms with van der Waals surface area (Å²) < 4.78 is 0. The molecule has 62 valence electrons. The van der Waals surface area contributed by atoms with E-state index in [1.807, 2.05) is 0 Å². The van der Waals surface area contributed by atoms with Gasteiger partial charge in [-0.2, -0.15) is 0 Å². The van der Waals surface area contributed by atoms with Gasteiger partial charge in [-0.1, -0.05) is 6.92 Å². The van der Waals surface area contributed by atoms with Crippen LogP contribution in [0, 0.1) is 11.3 Å². The van der Waals surface area contributed by atoms with E-state index >= 15 is 0 Å². The van der Waals surface area contributed by atoms with Crippen molar-refractivity contribution in [1.29, 1.82) is 0 Å². The fourth-order valence-corrected chi connectivity index (χ4v) is 2.51. The smallest absolute Gasteiger partial charge is 0.235 e. The predicted octanol–water partition coefficient (Wildman–Crippen LogP) is -0.140. The number of hydrogen-bond donors (Lipinski definition) is 2. The highest BCUT2D eigenvalue weighted by Gasteiger charge is 2.63. The van der Waals surface area contributed by atoms with E-state index in [1.54, 1.807) is 0 Å². The van der Waals surface area contributed by atoms with Crippen molar-refractivity contribution in [2.75, 3.05) is 6.54 Å². The Hall–Kier alpha value is -0.570. The minimum Gasteiger partial charge on any atom is -0.368 e. The molecule has 1 aliphatic carbocycles. The SMILES string of the molecule is CCC12CC1CNC2C(N)=O. The molecule has 1 saturated carbocycles. The Balaban J connectivity index is 2.17. The summed E-state index contributed by atoms with van der Waals surface area (Å²) in [4.78, 5) is 11.0. The van der Waals surface area contributed by atoms with Crippen LogP contribution < -0.4 is 11.1 Å². The summed E-state index contributed by atoms with van der Waals surface area (Å²) in [6, 6.07) is -0.0440. The summed E-state index contributed by atoms with van der Waals surface area (Å²) >= 11 is 0. The number of amides is 1. The second kappa shape index (κ2) is 1.97. The van der Waals surface area contributed by atoms with E-state index in [0.717, 1.165) is 18.9 Å². The second-order valence-electron chi connectivity index (χ2n) is 3.73. The number of primary amides is 1. The van der Waals surface area contributed by atoms with Crippen LogP contribution in [0.3, 0.4) is 0 Å². The molecule has 3 unspecified atom stereocenters. The molecule has 0 aromatic carbocycles. The van der Waals surface area contributed by atoms with Gasteiger partial charge in [-0.15, -0.1) is 0 Å². The van der Waals surface area contributed by atoms with Gasteiger partial charge in [0.15, 0.2) is 0 Å². The van der Waals surface area contributed by atoms with Crippen molar-refractivity contribution in [3.63, 3.8) is 0 Å². The molecule has 0 bridgehead atoms. The maximum absolute atomic E-state index is 11.0. The molecule has 2 fully saturated rings. The van der Waals surface area contributed by atoms with E-state index in [-0.39, 0.29) is 17.4 Å². The number of nitrogens with one attached hydrogen (secondary N) is 1. The van der Waals surface area contributed by atoms with Crippen molar-refractivity contribution in [2.45, 2.75) is 25.8 Å². The molecule has 11 heavy (non-hydrogen) atoms. The first kappa shape index (κ1) is 7.10. The first-order valence-corrected chi connectivity index (χ1v) is 4.23. The number of fused-ring (bicyclic) bond motifs is 1. The summed E-state index contributed by atoms with van der Waals surface area (Å²) in [5.74, 6) is 0.553. The Morgan fingerprint density at radius 2 is 2.55 bits per heavy atom. The maximum Gasteiger partial charge on any atom is 0.235 e.